The van der Waals surface area contributed by atoms with E-state index < -0.39 is 0 Å². The largest absolute Gasteiger partial charge is 0.504 e. The molecule has 1 atom stereocenters. The van der Waals surface area contributed by atoms with Crippen LogP contribution in [0.1, 0.15) is 23.7 Å². The lowest BCUT2D eigenvalue weighted by molar-refractivity contribution is 0.0933. The number of para-hydroxylation sites is 1. The van der Waals surface area contributed by atoms with E-state index in [9.17, 15) is 15.0 Å². The monoisotopic (exact) mass is 252 g/mol. The van der Waals surface area contributed by atoms with Gasteiger partial charge in [-0.1, -0.05) is 6.07 Å². The molecule has 18 heavy (non-hydrogen) atoms. The molecule has 0 bridgehead atoms. The highest BCUT2D eigenvalue weighted by Crippen LogP contribution is 2.27. The summed E-state index contributed by atoms with van der Waals surface area (Å²) in [7, 11) is 3.94. The number of hydrogen-bond acceptors (Lipinski definition) is 4. The molecular formula is C13H20N2O3. The summed E-state index contributed by atoms with van der Waals surface area (Å²) < 4.78 is 0. The molecule has 0 radical (unpaired) electrons. The van der Waals surface area contributed by atoms with Crippen LogP contribution in [0.5, 0.6) is 11.5 Å². The van der Waals surface area contributed by atoms with Crippen LogP contribution >= 0.6 is 0 Å². The zero-order valence-corrected chi connectivity index (χ0v) is 11.0. The Balaban J connectivity index is 2.62. The van der Waals surface area contributed by atoms with Crippen LogP contribution in [0.25, 0.3) is 0 Å². The minimum Gasteiger partial charge on any atom is -0.504 e. The maximum absolute atomic E-state index is 11.9. The lowest BCUT2D eigenvalue weighted by atomic mass is 10.1. The minimum atomic E-state index is -0.380. The fourth-order valence-electron chi connectivity index (χ4n) is 1.54. The van der Waals surface area contributed by atoms with Crippen LogP contribution in [0.15, 0.2) is 18.2 Å². The summed E-state index contributed by atoms with van der Waals surface area (Å²) in [5, 5.41) is 21.7. The van der Waals surface area contributed by atoms with Crippen LogP contribution in [0, 0.1) is 0 Å². The van der Waals surface area contributed by atoms with Crippen molar-refractivity contribution in [3.63, 3.8) is 0 Å². The van der Waals surface area contributed by atoms with Crippen LogP contribution in [0.3, 0.4) is 0 Å². The Morgan fingerprint density at radius 2 is 2.06 bits per heavy atom. The SMILES string of the molecule is CC(CCN(C)C)NC(=O)c1cccc(O)c1O. The number of carbonyl (C=O) groups is 1. The van der Waals surface area contributed by atoms with Gasteiger partial charge in [-0.25, -0.2) is 0 Å². The average Bonchev–Trinajstić information content (AvgIpc) is 2.30. The molecule has 1 aromatic carbocycles. The number of hydrogen-bond donors (Lipinski definition) is 3. The van der Waals surface area contributed by atoms with Crippen molar-refractivity contribution >= 4 is 5.91 Å². The molecule has 0 aliphatic rings. The van der Waals surface area contributed by atoms with Crippen molar-refractivity contribution in [1.82, 2.24) is 10.2 Å². The Hall–Kier alpha value is -1.75. The van der Waals surface area contributed by atoms with Gasteiger partial charge < -0.3 is 20.4 Å². The van der Waals surface area contributed by atoms with Gasteiger partial charge in [-0.3, -0.25) is 4.79 Å². The van der Waals surface area contributed by atoms with E-state index in [4.69, 9.17) is 0 Å². The van der Waals surface area contributed by atoms with Crippen LogP contribution in [-0.4, -0.2) is 47.7 Å². The maximum Gasteiger partial charge on any atom is 0.255 e. The molecule has 0 spiro atoms. The Morgan fingerprint density at radius 3 is 2.67 bits per heavy atom. The summed E-state index contributed by atoms with van der Waals surface area (Å²) in [6, 6.07) is 4.33. The van der Waals surface area contributed by atoms with E-state index in [0.717, 1.165) is 13.0 Å². The van der Waals surface area contributed by atoms with Gasteiger partial charge in [0.05, 0.1) is 5.56 Å². The predicted octanol–water partition coefficient (Wildman–Crippen LogP) is 1.17. The van der Waals surface area contributed by atoms with Gasteiger partial charge in [-0.15, -0.1) is 0 Å². The molecule has 5 heteroatoms. The average molecular weight is 252 g/mol. The van der Waals surface area contributed by atoms with E-state index >= 15 is 0 Å². The predicted molar refractivity (Wildman–Crippen MR) is 69.9 cm³/mol. The molecule has 0 saturated heterocycles. The third kappa shape index (κ3) is 3.92. The van der Waals surface area contributed by atoms with E-state index in [1.807, 2.05) is 25.9 Å². The number of aromatic hydroxyl groups is 2. The highest BCUT2D eigenvalue weighted by atomic mass is 16.3. The Morgan fingerprint density at radius 1 is 1.39 bits per heavy atom. The van der Waals surface area contributed by atoms with Gasteiger partial charge in [0.25, 0.3) is 5.91 Å². The first kappa shape index (κ1) is 14.3. The Bertz CT molecular complexity index is 419. The third-order valence-electron chi connectivity index (χ3n) is 2.65. The van der Waals surface area contributed by atoms with Crippen molar-refractivity contribution in [2.75, 3.05) is 20.6 Å². The first-order valence-electron chi connectivity index (χ1n) is 5.88. The Kier molecular flexibility index (Phi) is 4.97. The lowest BCUT2D eigenvalue weighted by Gasteiger charge is -2.17. The molecule has 0 fully saturated rings. The number of phenols is 2. The molecule has 1 rings (SSSR count). The van der Waals surface area contributed by atoms with Gasteiger partial charge in [-0.05, 0) is 46.1 Å². The second-order valence-electron chi connectivity index (χ2n) is 4.64. The first-order chi connectivity index (χ1) is 8.41. The van der Waals surface area contributed by atoms with Gasteiger partial charge in [-0.2, -0.15) is 0 Å². The number of phenolic OH excluding ortho intramolecular Hbond substituents is 2. The van der Waals surface area contributed by atoms with E-state index in [-0.39, 0.29) is 29.0 Å². The van der Waals surface area contributed by atoms with Crippen molar-refractivity contribution in [3.05, 3.63) is 23.8 Å². The van der Waals surface area contributed by atoms with Gasteiger partial charge in [0, 0.05) is 6.04 Å². The smallest absolute Gasteiger partial charge is 0.255 e. The fraction of sp³-hybridized carbons (Fsp3) is 0.462. The topological polar surface area (TPSA) is 72.8 Å². The highest BCUT2D eigenvalue weighted by Gasteiger charge is 2.15. The second-order valence-corrected chi connectivity index (χ2v) is 4.64. The van der Waals surface area contributed by atoms with Crippen LogP contribution in [-0.2, 0) is 0 Å². The van der Waals surface area contributed by atoms with E-state index in [0.29, 0.717) is 0 Å². The molecule has 1 unspecified atom stereocenters. The maximum atomic E-state index is 11.9. The number of nitrogens with zero attached hydrogens (tertiary/aromatic N) is 1. The van der Waals surface area contributed by atoms with Gasteiger partial charge >= 0.3 is 0 Å². The molecular weight excluding hydrogens is 232 g/mol. The molecule has 0 aliphatic carbocycles. The number of benzene rings is 1. The number of rotatable bonds is 5. The molecule has 1 aromatic rings. The zero-order chi connectivity index (χ0) is 13.7. The molecule has 0 aliphatic heterocycles. The molecule has 100 valence electrons. The molecule has 1 amide bonds. The molecule has 0 aromatic heterocycles. The van der Waals surface area contributed by atoms with Crippen molar-refractivity contribution in [3.8, 4) is 11.5 Å². The third-order valence-corrected chi connectivity index (χ3v) is 2.65. The van der Waals surface area contributed by atoms with Crippen LogP contribution in [0.2, 0.25) is 0 Å². The quantitative estimate of drug-likeness (QED) is 0.688. The Labute approximate surface area is 107 Å². The number of amides is 1. The van der Waals surface area contributed by atoms with Crippen LogP contribution in [0.4, 0.5) is 0 Å². The molecule has 3 N–H and O–H groups in total. The van der Waals surface area contributed by atoms with Crippen molar-refractivity contribution in [1.29, 1.82) is 0 Å². The summed E-state index contributed by atoms with van der Waals surface area (Å²) >= 11 is 0. The van der Waals surface area contributed by atoms with E-state index in [1.165, 1.54) is 18.2 Å². The summed E-state index contributed by atoms with van der Waals surface area (Å²) in [4.78, 5) is 13.9. The molecule has 5 nitrogen and oxygen atoms in total. The summed E-state index contributed by atoms with van der Waals surface area (Å²) in [6.07, 6.45) is 0.818. The molecule has 0 heterocycles. The van der Waals surface area contributed by atoms with Gasteiger partial charge in [0.2, 0.25) is 0 Å². The number of carbonyl (C=O) groups excluding carboxylic acids is 1. The van der Waals surface area contributed by atoms with Crippen molar-refractivity contribution in [2.45, 2.75) is 19.4 Å². The van der Waals surface area contributed by atoms with Crippen LogP contribution < -0.4 is 5.32 Å². The normalized spacial score (nSPS) is 12.4. The highest BCUT2D eigenvalue weighted by molar-refractivity contribution is 5.97. The lowest BCUT2D eigenvalue weighted by Crippen LogP contribution is -2.34. The standard InChI is InChI=1S/C13H20N2O3/c1-9(7-8-15(2)3)14-13(18)10-5-4-6-11(16)12(10)17/h4-6,9,16-17H,7-8H2,1-3H3,(H,14,18). The summed E-state index contributed by atoms with van der Waals surface area (Å²) in [5.74, 6) is -1.05. The first-order valence-corrected chi connectivity index (χ1v) is 5.88. The molecule has 0 saturated carbocycles. The van der Waals surface area contributed by atoms with E-state index in [1.54, 1.807) is 0 Å². The summed E-state index contributed by atoms with van der Waals surface area (Å²) in [6.45, 7) is 2.77. The second kappa shape index (κ2) is 6.26. The number of nitrogens with one attached hydrogen (secondary N) is 1. The fourth-order valence-corrected chi connectivity index (χ4v) is 1.54. The van der Waals surface area contributed by atoms with Crippen molar-refractivity contribution in [2.24, 2.45) is 0 Å². The summed E-state index contributed by atoms with van der Waals surface area (Å²) in [5.41, 5.74) is 0.0895. The minimum absolute atomic E-state index is 0.00153. The van der Waals surface area contributed by atoms with Crippen molar-refractivity contribution < 1.29 is 15.0 Å². The van der Waals surface area contributed by atoms with Gasteiger partial charge in [0.1, 0.15) is 0 Å². The zero-order valence-electron chi connectivity index (χ0n) is 11.0. The van der Waals surface area contributed by atoms with E-state index in [2.05, 4.69) is 5.32 Å². The van der Waals surface area contributed by atoms with Gasteiger partial charge in [0.15, 0.2) is 11.5 Å².